The summed E-state index contributed by atoms with van der Waals surface area (Å²) in [6, 6.07) is 38.2. The van der Waals surface area contributed by atoms with Crippen molar-refractivity contribution in [2.75, 3.05) is 13.1 Å². The van der Waals surface area contributed by atoms with Crippen LogP contribution in [0.15, 0.2) is 132 Å². The fraction of sp³-hybridized carbons (Fsp3) is 0.373. The molecule has 2 fully saturated rings. The van der Waals surface area contributed by atoms with E-state index in [1.165, 1.54) is 12.1 Å². The third-order valence-corrected chi connectivity index (χ3v) is 13.2. The van der Waals surface area contributed by atoms with Crippen LogP contribution in [0.2, 0.25) is 0 Å². The van der Waals surface area contributed by atoms with Gasteiger partial charge in [0, 0.05) is 24.6 Å². The number of aliphatic hydroxyl groups excluding tert-OH is 1. The second-order valence-electron chi connectivity index (χ2n) is 17.7. The Hall–Kier alpha value is -5.21. The predicted molar refractivity (Wildman–Crippen MR) is 243 cm³/mol. The van der Waals surface area contributed by atoms with Crippen molar-refractivity contribution in [3.05, 3.63) is 161 Å². The van der Waals surface area contributed by atoms with Crippen LogP contribution in [0.5, 0.6) is 0 Å². The highest BCUT2D eigenvalue weighted by molar-refractivity contribution is 7.89. The van der Waals surface area contributed by atoms with Crippen molar-refractivity contribution in [2.45, 2.75) is 108 Å². The van der Waals surface area contributed by atoms with Gasteiger partial charge in [-0.25, -0.2) is 8.42 Å². The molecule has 0 spiro atoms. The Balaban J connectivity index is 1.09. The van der Waals surface area contributed by atoms with Gasteiger partial charge in [-0.2, -0.15) is 4.72 Å². The van der Waals surface area contributed by atoms with Crippen LogP contribution in [0.4, 0.5) is 0 Å². The van der Waals surface area contributed by atoms with Gasteiger partial charge in [-0.15, -0.1) is 0 Å². The van der Waals surface area contributed by atoms with Crippen LogP contribution < -0.4 is 10.0 Å². The molecule has 0 bridgehead atoms. The van der Waals surface area contributed by atoms with E-state index in [-0.39, 0.29) is 54.6 Å². The Morgan fingerprint density at radius 2 is 1.51 bits per heavy atom. The normalized spacial score (nSPS) is 21.1. The van der Waals surface area contributed by atoms with Crippen molar-refractivity contribution < 1.29 is 37.3 Å². The first-order valence-corrected chi connectivity index (χ1v) is 23.2. The van der Waals surface area contributed by atoms with Crippen molar-refractivity contribution in [1.29, 1.82) is 0 Å². The summed E-state index contributed by atoms with van der Waals surface area (Å²) >= 11 is 0. The van der Waals surface area contributed by atoms with Gasteiger partial charge < -0.3 is 24.6 Å². The maximum atomic E-state index is 13.8. The zero-order chi connectivity index (χ0) is 44.7. The largest absolute Gasteiger partial charge is 0.459 e. The standard InChI is InChI=1S/C51H59N3O8S/c1-34-19-25-43(26-20-34)63(58,59)53-44(29-36-12-7-6-8-13-36)48(56)52-31-38-14-9-15-40(28-38)41-16-10-17-42(30-41)50-60-46(32-54-27-11-18-45(54)49(57)62-51(3,4)5)35(2)47(61-50)39-23-21-37(33-55)22-24-39/h6-10,12-17,19-26,28,30,35,44-47,50,53,55H,11,18,27,29,31-33H2,1-5H3,(H,52,56)/t35-,44-,45+,46+,47+,50+/m1/s1. The van der Waals surface area contributed by atoms with E-state index in [4.69, 9.17) is 14.2 Å². The number of hydrogen-bond donors (Lipinski definition) is 3. The van der Waals surface area contributed by atoms with E-state index in [0.717, 1.165) is 63.9 Å². The molecule has 0 saturated carbocycles. The van der Waals surface area contributed by atoms with Gasteiger partial charge in [0.05, 0.1) is 23.7 Å². The molecule has 332 valence electrons. The molecule has 11 nitrogen and oxygen atoms in total. The van der Waals surface area contributed by atoms with Crippen molar-refractivity contribution in [1.82, 2.24) is 14.9 Å². The first kappa shape index (κ1) is 45.8. The van der Waals surface area contributed by atoms with Crippen molar-refractivity contribution in [3.63, 3.8) is 0 Å². The van der Waals surface area contributed by atoms with Gasteiger partial charge in [0.25, 0.3) is 0 Å². The number of nitrogens with zero attached hydrogens (tertiary/aromatic N) is 1. The minimum absolute atomic E-state index is 0.0536. The van der Waals surface area contributed by atoms with Gasteiger partial charge in [0.2, 0.25) is 15.9 Å². The molecule has 5 aromatic carbocycles. The topological polar surface area (TPSA) is 144 Å². The Kier molecular flexibility index (Phi) is 14.6. The number of carbonyl (C=O) groups is 2. The van der Waals surface area contributed by atoms with E-state index in [1.54, 1.807) is 12.1 Å². The highest BCUT2D eigenvalue weighted by atomic mass is 32.2. The smallest absolute Gasteiger partial charge is 0.323 e. The molecule has 0 aromatic heterocycles. The molecule has 7 rings (SSSR count). The van der Waals surface area contributed by atoms with Crippen molar-refractivity contribution in [2.24, 2.45) is 5.92 Å². The summed E-state index contributed by atoms with van der Waals surface area (Å²) < 4.78 is 49.0. The molecule has 0 unspecified atom stereocenters. The monoisotopic (exact) mass is 873 g/mol. The highest BCUT2D eigenvalue weighted by Crippen LogP contribution is 2.43. The number of nitrogens with one attached hydrogen (secondary N) is 2. The lowest BCUT2D eigenvalue weighted by atomic mass is 9.89. The quantitative estimate of drug-likeness (QED) is 0.0894. The summed E-state index contributed by atoms with van der Waals surface area (Å²) in [4.78, 5) is 29.4. The summed E-state index contributed by atoms with van der Waals surface area (Å²) in [6.07, 6.45) is 0.469. The maximum absolute atomic E-state index is 13.8. The number of sulfonamides is 1. The molecule has 2 heterocycles. The minimum atomic E-state index is -3.99. The van der Waals surface area contributed by atoms with Crippen molar-refractivity contribution in [3.8, 4) is 11.1 Å². The summed E-state index contributed by atoms with van der Waals surface area (Å²) in [7, 11) is -3.99. The number of amides is 1. The molecule has 63 heavy (non-hydrogen) atoms. The second kappa shape index (κ2) is 20.1. The number of hydrogen-bond acceptors (Lipinski definition) is 9. The molecule has 0 aliphatic carbocycles. The molecular formula is C51H59N3O8S. The Morgan fingerprint density at radius 3 is 2.21 bits per heavy atom. The molecular weight excluding hydrogens is 815 g/mol. The second-order valence-corrected chi connectivity index (χ2v) is 19.4. The molecule has 3 N–H and O–H groups in total. The summed E-state index contributed by atoms with van der Waals surface area (Å²) in [5.41, 5.74) is 6.46. The van der Waals surface area contributed by atoms with E-state index in [9.17, 15) is 23.1 Å². The SMILES string of the molecule is Cc1ccc(S(=O)(=O)N[C@H](Cc2ccccc2)C(=O)NCc2cccc(-c3cccc([C@H]4O[C@@H](CN5CCC[C@H]5C(=O)OC(C)(C)C)[C@@H](C)[C@@H](c5ccc(CO)cc5)O4)c3)c2)cc1. The lowest BCUT2D eigenvalue weighted by Gasteiger charge is -2.43. The average molecular weight is 874 g/mol. The van der Waals surface area contributed by atoms with Crippen molar-refractivity contribution >= 4 is 21.9 Å². The first-order valence-electron chi connectivity index (χ1n) is 21.7. The highest BCUT2D eigenvalue weighted by Gasteiger charge is 2.42. The number of benzene rings is 5. The summed E-state index contributed by atoms with van der Waals surface area (Å²) in [5, 5.41) is 12.7. The molecule has 5 aromatic rings. The first-order chi connectivity index (χ1) is 30.2. The molecule has 2 aliphatic rings. The third-order valence-electron chi connectivity index (χ3n) is 11.7. The van der Waals surface area contributed by atoms with E-state index in [1.807, 2.05) is 125 Å². The van der Waals surface area contributed by atoms with Gasteiger partial charge >= 0.3 is 5.97 Å². The van der Waals surface area contributed by atoms with Gasteiger partial charge in [0.1, 0.15) is 17.7 Å². The number of aryl methyl sites for hydroxylation is 1. The van der Waals surface area contributed by atoms with Crippen LogP contribution >= 0.6 is 0 Å². The van der Waals surface area contributed by atoms with E-state index < -0.39 is 33.9 Å². The van der Waals surface area contributed by atoms with Crippen LogP contribution in [0.1, 0.15) is 86.3 Å². The molecule has 12 heteroatoms. The summed E-state index contributed by atoms with van der Waals surface area (Å²) in [6.45, 7) is 11.1. The number of rotatable bonds is 15. The van der Waals surface area contributed by atoms with E-state index >= 15 is 0 Å². The van der Waals surface area contributed by atoms with Crippen LogP contribution in [-0.2, 0) is 53.4 Å². The average Bonchev–Trinajstić information content (AvgIpc) is 3.74. The van der Waals surface area contributed by atoms with E-state index in [2.05, 4.69) is 27.9 Å². The lowest BCUT2D eigenvalue weighted by molar-refractivity contribution is -0.276. The Morgan fingerprint density at radius 1 is 0.825 bits per heavy atom. The summed E-state index contributed by atoms with van der Waals surface area (Å²) in [5.74, 6) is -0.720. The molecule has 6 atom stereocenters. The fourth-order valence-corrected chi connectivity index (χ4v) is 9.48. The molecule has 2 saturated heterocycles. The van der Waals surface area contributed by atoms with Gasteiger partial charge in [-0.1, -0.05) is 116 Å². The molecule has 1 amide bonds. The number of esters is 1. The zero-order valence-corrected chi connectivity index (χ0v) is 37.5. The Bertz CT molecular complexity index is 2440. The fourth-order valence-electron chi connectivity index (χ4n) is 8.29. The van der Waals surface area contributed by atoms with Crippen LogP contribution in [0.25, 0.3) is 11.1 Å². The Labute approximate surface area is 371 Å². The van der Waals surface area contributed by atoms with Gasteiger partial charge in [-0.3, -0.25) is 14.5 Å². The van der Waals surface area contributed by atoms with Crippen LogP contribution in [-0.4, -0.2) is 67.2 Å². The number of ether oxygens (including phenoxy) is 3. The molecule has 0 radical (unpaired) electrons. The third kappa shape index (κ3) is 11.9. The number of carbonyl (C=O) groups excluding carboxylic acids is 2. The van der Waals surface area contributed by atoms with Gasteiger partial charge in [-0.05, 0) is 111 Å². The van der Waals surface area contributed by atoms with E-state index in [0.29, 0.717) is 6.54 Å². The minimum Gasteiger partial charge on any atom is -0.459 e. The molecule has 2 aliphatic heterocycles. The predicted octanol–water partition coefficient (Wildman–Crippen LogP) is 7.96. The lowest BCUT2D eigenvalue weighted by Crippen LogP contribution is -2.48. The maximum Gasteiger partial charge on any atom is 0.323 e. The van der Waals surface area contributed by atoms with Gasteiger partial charge in [0.15, 0.2) is 6.29 Å². The number of aliphatic hydroxyl groups is 1. The van der Waals surface area contributed by atoms with Crippen LogP contribution in [0.3, 0.4) is 0 Å². The number of likely N-dealkylation sites (tertiary alicyclic amines) is 1. The van der Waals surface area contributed by atoms with Crippen LogP contribution in [0, 0.1) is 12.8 Å². The zero-order valence-electron chi connectivity index (χ0n) is 36.7.